The van der Waals surface area contributed by atoms with Gasteiger partial charge in [-0.2, -0.15) is 9.61 Å². The second kappa shape index (κ2) is 6.81. The SMILES string of the molecule is O=C(CSc1nnc2ccc(-c3ccco3)nn12)NCc1ccco1. The lowest BCUT2D eigenvalue weighted by Crippen LogP contribution is -2.24. The standard InChI is InChI=1S/C16H13N5O3S/c22-15(17-9-11-3-1-7-23-11)10-25-16-19-18-14-6-5-12(20-21(14)16)13-4-2-8-24-13/h1-8H,9-10H2,(H,17,22). The minimum absolute atomic E-state index is 0.125. The van der Waals surface area contributed by atoms with Crippen LogP contribution in [0.1, 0.15) is 5.76 Å². The second-order valence-corrected chi connectivity index (χ2v) is 6.04. The summed E-state index contributed by atoms with van der Waals surface area (Å²) in [4.78, 5) is 12.0. The van der Waals surface area contributed by atoms with Crippen LogP contribution < -0.4 is 5.32 Å². The molecular weight excluding hydrogens is 342 g/mol. The van der Waals surface area contributed by atoms with E-state index in [1.807, 2.05) is 12.1 Å². The number of nitrogens with one attached hydrogen (secondary N) is 1. The summed E-state index contributed by atoms with van der Waals surface area (Å²) in [6.45, 7) is 0.355. The van der Waals surface area contributed by atoms with Crippen molar-refractivity contribution >= 4 is 23.3 Å². The fraction of sp³-hybridized carbons (Fsp3) is 0.125. The zero-order valence-corrected chi connectivity index (χ0v) is 13.8. The zero-order valence-electron chi connectivity index (χ0n) is 13.0. The van der Waals surface area contributed by atoms with Gasteiger partial charge in [-0.25, -0.2) is 0 Å². The highest BCUT2D eigenvalue weighted by Gasteiger charge is 2.12. The number of hydrogen-bond donors (Lipinski definition) is 1. The molecule has 8 nitrogen and oxygen atoms in total. The summed E-state index contributed by atoms with van der Waals surface area (Å²) in [6, 6.07) is 10.8. The number of amides is 1. The third-order valence-corrected chi connectivity index (χ3v) is 4.30. The highest BCUT2D eigenvalue weighted by Crippen LogP contribution is 2.20. The molecule has 0 spiro atoms. The summed E-state index contributed by atoms with van der Waals surface area (Å²) in [6.07, 6.45) is 3.16. The first-order valence-electron chi connectivity index (χ1n) is 7.48. The highest BCUT2D eigenvalue weighted by atomic mass is 32.2. The zero-order chi connectivity index (χ0) is 17.1. The van der Waals surface area contributed by atoms with Gasteiger partial charge in [-0.05, 0) is 36.4 Å². The summed E-state index contributed by atoms with van der Waals surface area (Å²) < 4.78 is 12.1. The maximum absolute atomic E-state index is 12.0. The van der Waals surface area contributed by atoms with E-state index < -0.39 is 0 Å². The van der Waals surface area contributed by atoms with Crippen molar-refractivity contribution in [2.45, 2.75) is 11.7 Å². The maximum Gasteiger partial charge on any atom is 0.230 e. The largest absolute Gasteiger partial charge is 0.467 e. The average molecular weight is 355 g/mol. The summed E-state index contributed by atoms with van der Waals surface area (Å²) in [5.41, 5.74) is 1.27. The van der Waals surface area contributed by atoms with E-state index in [0.29, 0.717) is 34.6 Å². The number of aromatic nitrogens is 4. The predicted octanol–water partition coefficient (Wildman–Crippen LogP) is 2.39. The van der Waals surface area contributed by atoms with Gasteiger partial charge in [0.2, 0.25) is 11.1 Å². The monoisotopic (exact) mass is 355 g/mol. The van der Waals surface area contributed by atoms with Gasteiger partial charge in [-0.1, -0.05) is 11.8 Å². The Kier molecular flexibility index (Phi) is 4.21. The van der Waals surface area contributed by atoms with Crippen molar-refractivity contribution in [3.05, 3.63) is 54.7 Å². The van der Waals surface area contributed by atoms with Crippen LogP contribution in [-0.2, 0) is 11.3 Å². The summed E-state index contributed by atoms with van der Waals surface area (Å²) in [5.74, 6) is 1.44. The molecule has 0 atom stereocenters. The van der Waals surface area contributed by atoms with E-state index in [0.717, 1.165) is 0 Å². The van der Waals surface area contributed by atoms with E-state index in [1.54, 1.807) is 41.3 Å². The molecule has 0 aliphatic carbocycles. The lowest BCUT2D eigenvalue weighted by Gasteiger charge is -2.03. The van der Waals surface area contributed by atoms with Crippen LogP contribution in [0.2, 0.25) is 0 Å². The number of carbonyl (C=O) groups excluding carboxylic acids is 1. The van der Waals surface area contributed by atoms with Crippen LogP contribution in [0.25, 0.3) is 17.1 Å². The molecule has 1 amide bonds. The molecule has 0 bridgehead atoms. The van der Waals surface area contributed by atoms with E-state index in [1.165, 1.54) is 11.8 Å². The molecule has 0 aliphatic rings. The van der Waals surface area contributed by atoms with E-state index in [4.69, 9.17) is 8.83 Å². The van der Waals surface area contributed by atoms with Crippen molar-refractivity contribution in [1.29, 1.82) is 0 Å². The second-order valence-electron chi connectivity index (χ2n) is 5.09. The number of carbonyl (C=O) groups is 1. The molecule has 0 aliphatic heterocycles. The molecule has 4 rings (SSSR count). The number of hydrogen-bond acceptors (Lipinski definition) is 7. The van der Waals surface area contributed by atoms with Gasteiger partial charge in [0, 0.05) is 0 Å². The van der Waals surface area contributed by atoms with Gasteiger partial charge < -0.3 is 14.2 Å². The van der Waals surface area contributed by atoms with E-state index >= 15 is 0 Å². The van der Waals surface area contributed by atoms with Crippen molar-refractivity contribution in [2.24, 2.45) is 0 Å². The van der Waals surface area contributed by atoms with Gasteiger partial charge in [-0.15, -0.1) is 10.2 Å². The van der Waals surface area contributed by atoms with E-state index in [2.05, 4.69) is 20.6 Å². The Morgan fingerprint density at radius 3 is 2.80 bits per heavy atom. The Morgan fingerprint density at radius 1 is 1.12 bits per heavy atom. The normalized spacial score (nSPS) is 11.0. The lowest BCUT2D eigenvalue weighted by molar-refractivity contribution is -0.118. The maximum atomic E-state index is 12.0. The van der Waals surface area contributed by atoms with Gasteiger partial charge in [0.15, 0.2) is 11.4 Å². The third kappa shape index (κ3) is 3.41. The van der Waals surface area contributed by atoms with Gasteiger partial charge in [0.05, 0.1) is 24.8 Å². The van der Waals surface area contributed by atoms with E-state index in [-0.39, 0.29) is 11.7 Å². The molecule has 0 aromatic carbocycles. The Morgan fingerprint density at radius 2 is 2.00 bits per heavy atom. The molecule has 25 heavy (non-hydrogen) atoms. The van der Waals surface area contributed by atoms with Crippen LogP contribution in [0, 0.1) is 0 Å². The number of thioether (sulfide) groups is 1. The first-order valence-corrected chi connectivity index (χ1v) is 8.46. The molecule has 4 aromatic heterocycles. The van der Waals surface area contributed by atoms with Crippen LogP contribution in [0.4, 0.5) is 0 Å². The van der Waals surface area contributed by atoms with Crippen molar-refractivity contribution in [2.75, 3.05) is 5.75 Å². The Hall–Kier alpha value is -3.07. The fourth-order valence-corrected chi connectivity index (χ4v) is 2.91. The first-order chi connectivity index (χ1) is 12.3. The third-order valence-electron chi connectivity index (χ3n) is 3.38. The summed E-state index contributed by atoms with van der Waals surface area (Å²) in [5, 5.41) is 15.9. The van der Waals surface area contributed by atoms with Gasteiger partial charge >= 0.3 is 0 Å². The molecule has 126 valence electrons. The topological polar surface area (TPSA) is 98.5 Å². The molecule has 0 unspecified atom stereocenters. The van der Waals surface area contributed by atoms with Crippen LogP contribution in [0.3, 0.4) is 0 Å². The molecule has 9 heteroatoms. The Balaban J connectivity index is 1.44. The van der Waals surface area contributed by atoms with Gasteiger partial charge in [0.25, 0.3) is 0 Å². The van der Waals surface area contributed by atoms with Gasteiger partial charge in [0.1, 0.15) is 11.5 Å². The minimum atomic E-state index is -0.125. The van der Waals surface area contributed by atoms with Crippen molar-refractivity contribution in [1.82, 2.24) is 25.1 Å². The Labute approximate surface area is 146 Å². The van der Waals surface area contributed by atoms with Gasteiger partial charge in [-0.3, -0.25) is 4.79 Å². The van der Waals surface area contributed by atoms with Crippen molar-refractivity contribution in [3.63, 3.8) is 0 Å². The minimum Gasteiger partial charge on any atom is -0.467 e. The Bertz CT molecular complexity index is 979. The molecule has 0 radical (unpaired) electrons. The number of furan rings is 2. The van der Waals surface area contributed by atoms with Crippen molar-refractivity contribution < 1.29 is 13.6 Å². The smallest absolute Gasteiger partial charge is 0.230 e. The van der Waals surface area contributed by atoms with Crippen LogP contribution >= 0.6 is 11.8 Å². The van der Waals surface area contributed by atoms with Crippen LogP contribution in [0.5, 0.6) is 0 Å². The highest BCUT2D eigenvalue weighted by molar-refractivity contribution is 7.99. The first kappa shape index (κ1) is 15.5. The molecule has 1 N–H and O–H groups in total. The summed E-state index contributed by atoms with van der Waals surface area (Å²) in [7, 11) is 0. The summed E-state index contributed by atoms with van der Waals surface area (Å²) >= 11 is 1.26. The van der Waals surface area contributed by atoms with Crippen molar-refractivity contribution in [3.8, 4) is 11.5 Å². The molecule has 4 aromatic rings. The lowest BCUT2D eigenvalue weighted by atomic mass is 10.3. The number of rotatable bonds is 6. The average Bonchev–Trinajstić information content (AvgIpc) is 3.39. The molecule has 4 heterocycles. The van der Waals surface area contributed by atoms with Crippen LogP contribution in [-0.4, -0.2) is 31.5 Å². The fourth-order valence-electron chi connectivity index (χ4n) is 2.19. The molecular formula is C16H13N5O3S. The molecule has 0 fully saturated rings. The number of fused-ring (bicyclic) bond motifs is 1. The number of nitrogens with zero attached hydrogens (tertiary/aromatic N) is 4. The predicted molar refractivity (Wildman–Crippen MR) is 89.8 cm³/mol. The molecule has 0 saturated heterocycles. The van der Waals surface area contributed by atoms with E-state index in [9.17, 15) is 4.79 Å². The quantitative estimate of drug-likeness (QED) is 0.530. The molecule has 0 saturated carbocycles. The van der Waals surface area contributed by atoms with Crippen LogP contribution in [0.15, 0.2) is 62.9 Å².